The molecular weight excluding hydrogens is 378 g/mol. The number of aromatic nitrogens is 2. The number of hydrogen-bond acceptors (Lipinski definition) is 5. The van der Waals surface area contributed by atoms with E-state index in [9.17, 15) is 4.79 Å². The van der Waals surface area contributed by atoms with E-state index < -0.39 is 6.10 Å². The lowest BCUT2D eigenvalue weighted by Crippen LogP contribution is -2.40. The van der Waals surface area contributed by atoms with Gasteiger partial charge in [-0.3, -0.25) is 4.79 Å². The van der Waals surface area contributed by atoms with Crippen LogP contribution in [0, 0.1) is 0 Å². The molecule has 0 N–H and O–H groups in total. The minimum Gasteiger partial charge on any atom is -0.481 e. The first kappa shape index (κ1) is 18.5. The molecule has 1 saturated heterocycles. The Morgan fingerprint density at radius 1 is 1.25 bits per heavy atom. The van der Waals surface area contributed by atoms with Gasteiger partial charge in [-0.2, -0.15) is 4.98 Å². The SMILES string of the molecule is C[C@H](Oc1ccccc1)C(=O)N1CCC[C@H]1c1nc(-c2cccc(Cl)c2)no1. The summed E-state index contributed by atoms with van der Waals surface area (Å²) in [5.41, 5.74) is 0.777. The van der Waals surface area contributed by atoms with Crippen LogP contribution in [0.3, 0.4) is 0 Å². The molecule has 1 aromatic heterocycles. The van der Waals surface area contributed by atoms with E-state index in [2.05, 4.69) is 10.1 Å². The summed E-state index contributed by atoms with van der Waals surface area (Å²) in [6, 6.07) is 16.4. The predicted octanol–water partition coefficient (Wildman–Crippen LogP) is 4.52. The number of hydrogen-bond donors (Lipinski definition) is 0. The molecule has 1 amide bonds. The van der Waals surface area contributed by atoms with Gasteiger partial charge in [-0.1, -0.05) is 47.1 Å². The fourth-order valence-electron chi connectivity index (χ4n) is 3.39. The summed E-state index contributed by atoms with van der Waals surface area (Å²) >= 11 is 6.04. The van der Waals surface area contributed by atoms with E-state index in [0.717, 1.165) is 18.4 Å². The topological polar surface area (TPSA) is 68.5 Å². The number of para-hydroxylation sites is 1. The fraction of sp³-hybridized carbons (Fsp3) is 0.286. The van der Waals surface area contributed by atoms with Crippen molar-refractivity contribution < 1.29 is 14.1 Å². The first-order chi connectivity index (χ1) is 13.6. The molecule has 7 heteroatoms. The zero-order chi connectivity index (χ0) is 19.5. The fourth-order valence-corrected chi connectivity index (χ4v) is 3.58. The zero-order valence-corrected chi connectivity index (χ0v) is 16.2. The van der Waals surface area contributed by atoms with E-state index in [4.69, 9.17) is 20.9 Å². The van der Waals surface area contributed by atoms with Gasteiger partial charge in [-0.25, -0.2) is 0 Å². The van der Waals surface area contributed by atoms with Crippen molar-refractivity contribution in [1.29, 1.82) is 0 Å². The summed E-state index contributed by atoms with van der Waals surface area (Å²) in [5.74, 6) is 1.48. The van der Waals surface area contributed by atoms with Crippen LogP contribution < -0.4 is 4.74 Å². The number of ether oxygens (including phenoxy) is 1. The van der Waals surface area contributed by atoms with E-state index in [1.807, 2.05) is 42.5 Å². The van der Waals surface area contributed by atoms with Crippen molar-refractivity contribution in [2.24, 2.45) is 0 Å². The van der Waals surface area contributed by atoms with E-state index >= 15 is 0 Å². The third kappa shape index (κ3) is 3.87. The number of rotatable bonds is 5. The Morgan fingerprint density at radius 3 is 2.86 bits per heavy atom. The third-order valence-electron chi connectivity index (χ3n) is 4.75. The third-order valence-corrected chi connectivity index (χ3v) is 4.98. The van der Waals surface area contributed by atoms with Gasteiger partial charge in [-0.15, -0.1) is 0 Å². The first-order valence-corrected chi connectivity index (χ1v) is 9.61. The van der Waals surface area contributed by atoms with Crippen molar-refractivity contribution in [3.05, 3.63) is 65.5 Å². The van der Waals surface area contributed by atoms with Gasteiger partial charge in [0.1, 0.15) is 11.8 Å². The standard InChI is InChI=1S/C21H20ClN3O3/c1-14(27-17-9-3-2-4-10-17)21(26)25-12-6-11-18(25)20-23-19(24-28-20)15-7-5-8-16(22)13-15/h2-5,7-10,13-14,18H,6,11-12H2,1H3/t14-,18-/m0/s1. The summed E-state index contributed by atoms with van der Waals surface area (Å²) in [6.45, 7) is 2.40. The number of amides is 1. The molecule has 0 unspecified atom stereocenters. The van der Waals surface area contributed by atoms with Crippen molar-refractivity contribution in [2.45, 2.75) is 31.9 Å². The van der Waals surface area contributed by atoms with Crippen LogP contribution in [0.25, 0.3) is 11.4 Å². The highest BCUT2D eigenvalue weighted by molar-refractivity contribution is 6.30. The summed E-state index contributed by atoms with van der Waals surface area (Å²) in [7, 11) is 0. The lowest BCUT2D eigenvalue weighted by Gasteiger charge is -2.25. The molecule has 0 aliphatic carbocycles. The van der Waals surface area contributed by atoms with Crippen molar-refractivity contribution in [1.82, 2.24) is 15.0 Å². The van der Waals surface area contributed by atoms with Gasteiger partial charge in [0, 0.05) is 17.1 Å². The molecule has 2 aromatic carbocycles. The Labute approximate surface area is 168 Å². The quantitative estimate of drug-likeness (QED) is 0.633. The van der Waals surface area contributed by atoms with Gasteiger partial charge in [0.15, 0.2) is 6.10 Å². The van der Waals surface area contributed by atoms with Crippen LogP contribution in [0.4, 0.5) is 0 Å². The minimum absolute atomic E-state index is 0.0890. The molecule has 4 rings (SSSR count). The number of benzene rings is 2. The van der Waals surface area contributed by atoms with Crippen molar-refractivity contribution in [2.75, 3.05) is 6.54 Å². The second-order valence-electron chi connectivity index (χ2n) is 6.73. The van der Waals surface area contributed by atoms with Gasteiger partial charge in [-0.05, 0) is 44.0 Å². The van der Waals surface area contributed by atoms with Crippen LogP contribution in [-0.4, -0.2) is 33.6 Å². The highest BCUT2D eigenvalue weighted by Gasteiger charge is 2.36. The summed E-state index contributed by atoms with van der Waals surface area (Å²) < 4.78 is 11.3. The largest absolute Gasteiger partial charge is 0.481 e. The maximum Gasteiger partial charge on any atom is 0.264 e. The Hall–Kier alpha value is -2.86. The zero-order valence-electron chi connectivity index (χ0n) is 15.4. The number of halogens is 1. The van der Waals surface area contributed by atoms with E-state index in [-0.39, 0.29) is 11.9 Å². The molecule has 6 nitrogen and oxygen atoms in total. The number of carbonyl (C=O) groups is 1. The molecule has 0 spiro atoms. The second-order valence-corrected chi connectivity index (χ2v) is 7.17. The molecular formula is C21H20ClN3O3. The molecule has 28 heavy (non-hydrogen) atoms. The monoisotopic (exact) mass is 397 g/mol. The molecule has 0 radical (unpaired) electrons. The average Bonchev–Trinajstić information content (AvgIpc) is 3.37. The maximum atomic E-state index is 12.9. The van der Waals surface area contributed by atoms with Crippen molar-refractivity contribution >= 4 is 17.5 Å². The summed E-state index contributed by atoms with van der Waals surface area (Å²) in [5, 5.41) is 4.67. The second kappa shape index (κ2) is 8.02. The predicted molar refractivity (Wildman–Crippen MR) is 105 cm³/mol. The van der Waals surface area contributed by atoms with Gasteiger partial charge < -0.3 is 14.2 Å². The molecule has 1 aliphatic rings. The molecule has 0 saturated carbocycles. The van der Waals surface area contributed by atoms with Crippen LogP contribution in [0.2, 0.25) is 5.02 Å². The minimum atomic E-state index is -0.599. The Kier molecular flexibility index (Phi) is 5.30. The van der Waals surface area contributed by atoms with Crippen LogP contribution in [0.5, 0.6) is 5.75 Å². The van der Waals surface area contributed by atoms with Gasteiger partial charge >= 0.3 is 0 Å². The Bertz CT molecular complexity index is 960. The maximum absolute atomic E-state index is 12.9. The van der Waals surface area contributed by atoms with Crippen LogP contribution in [0.1, 0.15) is 31.7 Å². The highest BCUT2D eigenvalue weighted by atomic mass is 35.5. The molecule has 0 bridgehead atoms. The van der Waals surface area contributed by atoms with Crippen LogP contribution in [0.15, 0.2) is 59.1 Å². The molecule has 2 heterocycles. The van der Waals surface area contributed by atoms with Crippen LogP contribution >= 0.6 is 11.6 Å². The first-order valence-electron chi connectivity index (χ1n) is 9.23. The lowest BCUT2D eigenvalue weighted by atomic mass is 10.2. The van der Waals surface area contributed by atoms with Gasteiger partial charge in [0.25, 0.3) is 5.91 Å². The van der Waals surface area contributed by atoms with E-state index in [1.165, 1.54) is 0 Å². The van der Waals surface area contributed by atoms with Crippen molar-refractivity contribution in [3.8, 4) is 17.1 Å². The Balaban J connectivity index is 1.50. The average molecular weight is 398 g/mol. The normalized spacial score (nSPS) is 17.5. The van der Waals surface area contributed by atoms with Gasteiger partial charge in [0.05, 0.1) is 0 Å². The summed E-state index contributed by atoms with van der Waals surface area (Å²) in [4.78, 5) is 19.2. The lowest BCUT2D eigenvalue weighted by molar-refractivity contribution is -0.139. The van der Waals surface area contributed by atoms with Gasteiger partial charge in [0.2, 0.25) is 11.7 Å². The summed E-state index contributed by atoms with van der Waals surface area (Å²) in [6.07, 6.45) is 1.06. The highest BCUT2D eigenvalue weighted by Crippen LogP contribution is 2.33. The van der Waals surface area contributed by atoms with E-state index in [0.29, 0.717) is 29.0 Å². The molecule has 1 fully saturated rings. The number of carbonyl (C=O) groups excluding carboxylic acids is 1. The number of nitrogens with zero attached hydrogens (tertiary/aromatic N) is 3. The Morgan fingerprint density at radius 2 is 2.07 bits per heavy atom. The van der Waals surface area contributed by atoms with Crippen molar-refractivity contribution in [3.63, 3.8) is 0 Å². The molecule has 144 valence electrons. The molecule has 2 atom stereocenters. The van der Waals surface area contributed by atoms with E-state index in [1.54, 1.807) is 24.0 Å². The smallest absolute Gasteiger partial charge is 0.264 e. The number of likely N-dealkylation sites (tertiary alicyclic amines) is 1. The molecule has 1 aliphatic heterocycles. The van der Waals surface area contributed by atoms with Crippen LogP contribution in [-0.2, 0) is 4.79 Å². The molecule has 3 aromatic rings.